The molecule has 2 aromatic carbocycles. The fourth-order valence-electron chi connectivity index (χ4n) is 4.70. The molecular formula is C26H30N2O5. The quantitative estimate of drug-likeness (QED) is 0.647. The van der Waals surface area contributed by atoms with Gasteiger partial charge in [-0.2, -0.15) is 0 Å². The molecule has 0 aromatic heterocycles. The molecule has 2 aromatic rings. The number of nitrogens with zero attached hydrogens (tertiary/aromatic N) is 2. The molecule has 1 fully saturated rings. The SMILES string of the molecule is COc1ccc(OC)c(N2C(=O)C(c3ccc(C)cc3C)=C(N3CC(C)OC(C)C3)C2=O)c1. The maximum Gasteiger partial charge on any atom is 0.282 e. The Bertz CT molecular complexity index is 1130. The van der Waals surface area contributed by atoms with Crippen molar-refractivity contribution in [2.45, 2.75) is 39.9 Å². The molecule has 4 rings (SSSR count). The van der Waals surface area contributed by atoms with Crippen LogP contribution in [0, 0.1) is 13.8 Å². The lowest BCUT2D eigenvalue weighted by atomic mass is 9.97. The summed E-state index contributed by atoms with van der Waals surface area (Å²) in [4.78, 5) is 31.0. The van der Waals surface area contributed by atoms with E-state index < -0.39 is 0 Å². The average molecular weight is 451 g/mol. The summed E-state index contributed by atoms with van der Waals surface area (Å²) in [6, 6.07) is 11.0. The summed E-state index contributed by atoms with van der Waals surface area (Å²) in [6.45, 7) is 8.97. The smallest absolute Gasteiger partial charge is 0.282 e. The predicted molar refractivity (Wildman–Crippen MR) is 126 cm³/mol. The number of carbonyl (C=O) groups is 2. The van der Waals surface area contributed by atoms with Crippen LogP contribution in [0.2, 0.25) is 0 Å². The van der Waals surface area contributed by atoms with Gasteiger partial charge in [0.15, 0.2) is 0 Å². The molecular weight excluding hydrogens is 420 g/mol. The van der Waals surface area contributed by atoms with Gasteiger partial charge in [-0.3, -0.25) is 9.59 Å². The monoisotopic (exact) mass is 450 g/mol. The molecule has 2 aliphatic rings. The first kappa shape index (κ1) is 22.9. The van der Waals surface area contributed by atoms with Crippen molar-refractivity contribution in [1.29, 1.82) is 0 Å². The van der Waals surface area contributed by atoms with Crippen LogP contribution in [0.1, 0.15) is 30.5 Å². The number of imide groups is 1. The zero-order valence-corrected chi connectivity index (χ0v) is 20.0. The van der Waals surface area contributed by atoms with Gasteiger partial charge < -0.3 is 19.1 Å². The molecule has 0 aliphatic carbocycles. The zero-order chi connectivity index (χ0) is 23.9. The van der Waals surface area contributed by atoms with Crippen LogP contribution in [0.3, 0.4) is 0 Å². The van der Waals surface area contributed by atoms with Crippen molar-refractivity contribution < 1.29 is 23.8 Å². The molecule has 0 bridgehead atoms. The molecule has 1 saturated heterocycles. The summed E-state index contributed by atoms with van der Waals surface area (Å²) >= 11 is 0. The number of hydrogen-bond donors (Lipinski definition) is 0. The van der Waals surface area contributed by atoms with Crippen LogP contribution < -0.4 is 14.4 Å². The van der Waals surface area contributed by atoms with E-state index in [-0.39, 0.29) is 24.0 Å². The molecule has 2 heterocycles. The molecule has 2 amide bonds. The van der Waals surface area contributed by atoms with Crippen molar-refractivity contribution in [3.05, 3.63) is 58.8 Å². The van der Waals surface area contributed by atoms with Crippen LogP contribution in [0.15, 0.2) is 42.1 Å². The topological polar surface area (TPSA) is 68.3 Å². The summed E-state index contributed by atoms with van der Waals surface area (Å²) in [6.07, 6.45) is -0.130. The fraction of sp³-hybridized carbons (Fsp3) is 0.385. The second kappa shape index (κ2) is 8.90. The van der Waals surface area contributed by atoms with E-state index >= 15 is 0 Å². The summed E-state index contributed by atoms with van der Waals surface area (Å²) in [5, 5.41) is 0. The maximum absolute atomic E-state index is 13.9. The largest absolute Gasteiger partial charge is 0.497 e. The Balaban J connectivity index is 1.90. The van der Waals surface area contributed by atoms with E-state index in [4.69, 9.17) is 14.2 Å². The molecule has 7 nitrogen and oxygen atoms in total. The molecule has 7 heteroatoms. The predicted octanol–water partition coefficient (Wildman–Crippen LogP) is 3.71. The number of rotatable bonds is 5. The number of methoxy groups -OCH3 is 2. The van der Waals surface area contributed by atoms with Crippen molar-refractivity contribution in [3.8, 4) is 11.5 Å². The molecule has 0 N–H and O–H groups in total. The van der Waals surface area contributed by atoms with E-state index in [1.54, 1.807) is 25.3 Å². The first-order valence-corrected chi connectivity index (χ1v) is 11.1. The third-order valence-electron chi connectivity index (χ3n) is 6.07. The van der Waals surface area contributed by atoms with Crippen molar-refractivity contribution in [1.82, 2.24) is 4.90 Å². The minimum absolute atomic E-state index is 0.0649. The van der Waals surface area contributed by atoms with Gasteiger partial charge in [0.2, 0.25) is 0 Å². The van der Waals surface area contributed by atoms with Gasteiger partial charge in [0, 0.05) is 19.2 Å². The van der Waals surface area contributed by atoms with Crippen molar-refractivity contribution in [2.75, 3.05) is 32.2 Å². The Kier molecular flexibility index (Phi) is 6.17. The number of aryl methyl sites for hydroxylation is 2. The minimum atomic E-state index is -0.375. The standard InChI is InChI=1S/C26H30N2O5/c1-15-7-9-20(16(2)11-15)23-24(27-13-17(3)33-18(4)14-27)26(30)28(25(23)29)21-12-19(31-5)8-10-22(21)32-6/h7-12,17-18H,13-14H2,1-6H3. The highest BCUT2D eigenvalue weighted by molar-refractivity contribution is 6.45. The van der Waals surface area contributed by atoms with E-state index in [0.717, 1.165) is 16.7 Å². The fourth-order valence-corrected chi connectivity index (χ4v) is 4.70. The normalized spacial score (nSPS) is 21.2. The van der Waals surface area contributed by atoms with Crippen LogP contribution in [0.4, 0.5) is 5.69 Å². The van der Waals surface area contributed by atoms with Gasteiger partial charge in [0.25, 0.3) is 11.8 Å². The van der Waals surface area contributed by atoms with Gasteiger partial charge in [-0.1, -0.05) is 23.8 Å². The maximum atomic E-state index is 13.9. The lowest BCUT2D eigenvalue weighted by Gasteiger charge is -2.37. The highest BCUT2D eigenvalue weighted by atomic mass is 16.5. The first-order chi connectivity index (χ1) is 15.7. The van der Waals surface area contributed by atoms with E-state index in [1.165, 1.54) is 12.0 Å². The van der Waals surface area contributed by atoms with Crippen molar-refractivity contribution >= 4 is 23.1 Å². The van der Waals surface area contributed by atoms with E-state index in [1.807, 2.05) is 50.8 Å². The minimum Gasteiger partial charge on any atom is -0.497 e. The van der Waals surface area contributed by atoms with Gasteiger partial charge in [-0.25, -0.2) is 4.90 Å². The second-order valence-electron chi connectivity index (χ2n) is 8.69. The molecule has 0 saturated carbocycles. The number of ether oxygens (including phenoxy) is 3. The number of morpholine rings is 1. The van der Waals surface area contributed by atoms with Gasteiger partial charge in [-0.15, -0.1) is 0 Å². The van der Waals surface area contributed by atoms with Crippen LogP contribution in [-0.4, -0.2) is 56.2 Å². The highest BCUT2D eigenvalue weighted by Crippen LogP contribution is 2.41. The third-order valence-corrected chi connectivity index (χ3v) is 6.07. The van der Waals surface area contributed by atoms with Crippen LogP contribution in [0.5, 0.6) is 11.5 Å². The number of hydrogen-bond acceptors (Lipinski definition) is 6. The van der Waals surface area contributed by atoms with Crippen LogP contribution in [-0.2, 0) is 14.3 Å². The van der Waals surface area contributed by atoms with E-state index in [0.29, 0.717) is 41.5 Å². The molecule has 174 valence electrons. The van der Waals surface area contributed by atoms with E-state index in [2.05, 4.69) is 0 Å². The first-order valence-electron chi connectivity index (χ1n) is 11.1. The molecule has 0 spiro atoms. The molecule has 0 radical (unpaired) electrons. The lowest BCUT2D eigenvalue weighted by molar-refractivity contribution is -0.121. The van der Waals surface area contributed by atoms with Crippen molar-refractivity contribution in [3.63, 3.8) is 0 Å². The molecule has 2 unspecified atom stereocenters. The summed E-state index contributed by atoms with van der Waals surface area (Å²) in [5.74, 6) is 0.201. The van der Waals surface area contributed by atoms with Gasteiger partial charge in [-0.05, 0) is 51.0 Å². The summed E-state index contributed by atoms with van der Waals surface area (Å²) in [7, 11) is 3.06. The Hall–Kier alpha value is -3.32. The van der Waals surface area contributed by atoms with Crippen LogP contribution in [0.25, 0.3) is 5.57 Å². The summed E-state index contributed by atoms with van der Waals surface area (Å²) < 4.78 is 16.7. The molecule has 2 atom stereocenters. The number of anilines is 1. The highest BCUT2D eigenvalue weighted by Gasteiger charge is 2.45. The number of carbonyl (C=O) groups excluding carboxylic acids is 2. The molecule has 2 aliphatic heterocycles. The Labute approximate surface area is 194 Å². The van der Waals surface area contributed by atoms with Gasteiger partial charge >= 0.3 is 0 Å². The van der Waals surface area contributed by atoms with E-state index in [9.17, 15) is 9.59 Å². The Morgan fingerprint density at radius 1 is 0.909 bits per heavy atom. The van der Waals surface area contributed by atoms with Crippen molar-refractivity contribution in [2.24, 2.45) is 0 Å². The van der Waals surface area contributed by atoms with Gasteiger partial charge in [0.05, 0.1) is 37.7 Å². The van der Waals surface area contributed by atoms with Gasteiger partial charge in [0.1, 0.15) is 17.2 Å². The Morgan fingerprint density at radius 3 is 2.21 bits per heavy atom. The Morgan fingerprint density at radius 2 is 1.61 bits per heavy atom. The third kappa shape index (κ3) is 4.09. The molecule has 33 heavy (non-hydrogen) atoms. The van der Waals surface area contributed by atoms with Crippen LogP contribution >= 0.6 is 0 Å². The number of amides is 2. The summed E-state index contributed by atoms with van der Waals surface area (Å²) in [5.41, 5.74) is 3.96. The lowest BCUT2D eigenvalue weighted by Crippen LogP contribution is -2.47. The number of benzene rings is 2. The second-order valence-corrected chi connectivity index (χ2v) is 8.69. The average Bonchev–Trinajstić information content (AvgIpc) is 3.02. The zero-order valence-electron chi connectivity index (χ0n) is 20.0.